The normalized spacial score (nSPS) is 11.1. The Kier molecular flexibility index (Phi) is 2.08. The molecule has 3 rings (SSSR count). The first-order valence-electron chi connectivity index (χ1n) is 4.60. The van der Waals surface area contributed by atoms with Gasteiger partial charge in [0.25, 0.3) is 0 Å². The molecule has 0 spiro atoms. The Labute approximate surface area is 100 Å². The summed E-state index contributed by atoms with van der Waals surface area (Å²) in [6.45, 7) is 0. The summed E-state index contributed by atoms with van der Waals surface area (Å²) in [5, 5.41) is 6.00. The van der Waals surface area contributed by atoms with E-state index >= 15 is 0 Å². The fourth-order valence-electron chi connectivity index (χ4n) is 1.43. The van der Waals surface area contributed by atoms with E-state index in [1.54, 1.807) is 10.7 Å². The molecular weight excluding hydrogens is 244 g/mol. The SMILES string of the molecule is Nc1cn2nc(-c3ccc(Cl)cc3)sc2n1. The van der Waals surface area contributed by atoms with E-state index in [4.69, 9.17) is 17.3 Å². The number of benzene rings is 1. The average molecular weight is 251 g/mol. The van der Waals surface area contributed by atoms with Crippen LogP contribution in [-0.2, 0) is 0 Å². The molecule has 2 aromatic heterocycles. The first-order valence-corrected chi connectivity index (χ1v) is 5.79. The van der Waals surface area contributed by atoms with Crippen LogP contribution in [0.3, 0.4) is 0 Å². The van der Waals surface area contributed by atoms with E-state index in [9.17, 15) is 0 Å². The highest BCUT2D eigenvalue weighted by Crippen LogP contribution is 2.26. The van der Waals surface area contributed by atoms with E-state index in [0.717, 1.165) is 15.5 Å². The summed E-state index contributed by atoms with van der Waals surface area (Å²) in [6, 6.07) is 7.55. The van der Waals surface area contributed by atoms with Crippen LogP contribution >= 0.6 is 22.9 Å². The number of hydrogen-bond donors (Lipinski definition) is 1. The van der Waals surface area contributed by atoms with Crippen molar-refractivity contribution in [1.29, 1.82) is 0 Å². The fraction of sp³-hybridized carbons (Fsp3) is 0. The zero-order valence-electron chi connectivity index (χ0n) is 8.09. The van der Waals surface area contributed by atoms with Crippen molar-refractivity contribution in [3.8, 4) is 10.6 Å². The van der Waals surface area contributed by atoms with Crippen molar-refractivity contribution < 1.29 is 0 Å². The molecular formula is C10H7ClN4S. The predicted molar refractivity (Wildman–Crippen MR) is 65.7 cm³/mol. The van der Waals surface area contributed by atoms with E-state index in [1.807, 2.05) is 24.3 Å². The molecule has 0 saturated heterocycles. The van der Waals surface area contributed by atoms with Crippen molar-refractivity contribution in [2.75, 3.05) is 5.73 Å². The topological polar surface area (TPSA) is 56.2 Å². The maximum Gasteiger partial charge on any atom is 0.214 e. The van der Waals surface area contributed by atoms with Crippen molar-refractivity contribution in [1.82, 2.24) is 14.6 Å². The number of nitrogens with two attached hydrogens (primary N) is 1. The molecule has 3 aromatic rings. The van der Waals surface area contributed by atoms with Crippen molar-refractivity contribution >= 4 is 33.7 Å². The smallest absolute Gasteiger partial charge is 0.214 e. The van der Waals surface area contributed by atoms with Gasteiger partial charge >= 0.3 is 0 Å². The van der Waals surface area contributed by atoms with Crippen LogP contribution in [0.5, 0.6) is 0 Å². The summed E-state index contributed by atoms with van der Waals surface area (Å²) in [4.78, 5) is 4.94. The number of anilines is 1. The fourth-order valence-corrected chi connectivity index (χ4v) is 2.45. The van der Waals surface area contributed by atoms with Gasteiger partial charge in [0.15, 0.2) is 0 Å². The number of nitrogens with zero attached hydrogens (tertiary/aromatic N) is 3. The second kappa shape index (κ2) is 3.47. The number of imidazole rings is 1. The third-order valence-electron chi connectivity index (χ3n) is 2.15. The summed E-state index contributed by atoms with van der Waals surface area (Å²) >= 11 is 7.32. The molecule has 80 valence electrons. The highest BCUT2D eigenvalue weighted by molar-refractivity contribution is 7.19. The monoisotopic (exact) mass is 250 g/mol. The molecule has 2 N–H and O–H groups in total. The molecule has 0 radical (unpaired) electrons. The quantitative estimate of drug-likeness (QED) is 0.722. The molecule has 0 bridgehead atoms. The van der Waals surface area contributed by atoms with E-state index < -0.39 is 0 Å². The minimum absolute atomic E-state index is 0.487. The van der Waals surface area contributed by atoms with Gasteiger partial charge < -0.3 is 5.73 Å². The molecule has 2 heterocycles. The van der Waals surface area contributed by atoms with Gasteiger partial charge in [0.2, 0.25) is 4.96 Å². The average Bonchev–Trinajstić information content (AvgIpc) is 2.75. The lowest BCUT2D eigenvalue weighted by Gasteiger charge is -1.94. The lowest BCUT2D eigenvalue weighted by molar-refractivity contribution is 0.979. The molecule has 4 nitrogen and oxygen atoms in total. The largest absolute Gasteiger partial charge is 0.382 e. The van der Waals surface area contributed by atoms with E-state index in [2.05, 4.69) is 10.1 Å². The van der Waals surface area contributed by atoms with Gasteiger partial charge in [-0.25, -0.2) is 9.50 Å². The Morgan fingerprint density at radius 1 is 1.25 bits per heavy atom. The van der Waals surface area contributed by atoms with Gasteiger partial charge in [-0.3, -0.25) is 0 Å². The van der Waals surface area contributed by atoms with Gasteiger partial charge in [0.1, 0.15) is 10.8 Å². The maximum absolute atomic E-state index is 5.83. The van der Waals surface area contributed by atoms with Gasteiger partial charge in [0.05, 0.1) is 6.20 Å². The molecule has 0 unspecified atom stereocenters. The molecule has 0 fully saturated rings. The molecule has 0 aliphatic carbocycles. The molecule has 1 aromatic carbocycles. The van der Waals surface area contributed by atoms with Gasteiger partial charge in [-0.05, 0) is 12.1 Å². The standard InChI is InChI=1S/C10H7ClN4S/c11-7-3-1-6(2-4-7)9-14-15-5-8(12)13-10(15)16-9/h1-5H,12H2. The lowest BCUT2D eigenvalue weighted by Crippen LogP contribution is -1.84. The number of nitrogen functional groups attached to an aromatic ring is 1. The summed E-state index contributed by atoms with van der Waals surface area (Å²) in [6.07, 6.45) is 1.70. The third kappa shape index (κ3) is 1.54. The van der Waals surface area contributed by atoms with E-state index in [1.165, 1.54) is 11.3 Å². The molecule has 6 heteroatoms. The summed E-state index contributed by atoms with van der Waals surface area (Å²) in [5.74, 6) is 0.487. The molecule has 0 saturated carbocycles. The Morgan fingerprint density at radius 2 is 2.00 bits per heavy atom. The molecule has 0 atom stereocenters. The van der Waals surface area contributed by atoms with Gasteiger partial charge in [-0.1, -0.05) is 35.1 Å². The molecule has 0 aliphatic heterocycles. The Balaban J connectivity index is 2.11. The summed E-state index contributed by atoms with van der Waals surface area (Å²) in [7, 11) is 0. The summed E-state index contributed by atoms with van der Waals surface area (Å²) < 4.78 is 1.68. The first kappa shape index (κ1) is 9.62. The van der Waals surface area contributed by atoms with Gasteiger partial charge in [0, 0.05) is 10.6 Å². The van der Waals surface area contributed by atoms with Crippen molar-refractivity contribution in [3.05, 3.63) is 35.5 Å². The zero-order valence-corrected chi connectivity index (χ0v) is 9.66. The molecule has 0 amide bonds. The molecule has 16 heavy (non-hydrogen) atoms. The number of rotatable bonds is 1. The van der Waals surface area contributed by atoms with Crippen molar-refractivity contribution in [2.24, 2.45) is 0 Å². The van der Waals surface area contributed by atoms with Crippen LogP contribution in [0.2, 0.25) is 5.02 Å². The van der Waals surface area contributed by atoms with E-state index in [0.29, 0.717) is 10.8 Å². The van der Waals surface area contributed by atoms with Crippen LogP contribution in [0.15, 0.2) is 30.5 Å². The van der Waals surface area contributed by atoms with Crippen LogP contribution in [0.4, 0.5) is 5.82 Å². The second-order valence-electron chi connectivity index (χ2n) is 3.31. The van der Waals surface area contributed by atoms with Crippen LogP contribution in [0, 0.1) is 0 Å². The van der Waals surface area contributed by atoms with Crippen LogP contribution in [-0.4, -0.2) is 14.6 Å². The highest BCUT2D eigenvalue weighted by Gasteiger charge is 2.08. The van der Waals surface area contributed by atoms with Crippen molar-refractivity contribution in [2.45, 2.75) is 0 Å². The second-order valence-corrected chi connectivity index (χ2v) is 4.70. The Bertz CT molecular complexity index is 609. The maximum atomic E-state index is 5.83. The first-order chi connectivity index (χ1) is 7.72. The van der Waals surface area contributed by atoms with E-state index in [-0.39, 0.29) is 0 Å². The number of hydrogen-bond acceptors (Lipinski definition) is 4. The minimum Gasteiger partial charge on any atom is -0.382 e. The Morgan fingerprint density at radius 3 is 2.69 bits per heavy atom. The van der Waals surface area contributed by atoms with Crippen LogP contribution < -0.4 is 5.73 Å². The number of fused-ring (bicyclic) bond motifs is 1. The highest BCUT2D eigenvalue weighted by atomic mass is 35.5. The predicted octanol–water partition coefficient (Wildman–Crippen LogP) is 2.69. The molecule has 0 aliphatic rings. The number of aromatic nitrogens is 3. The van der Waals surface area contributed by atoms with Crippen LogP contribution in [0.25, 0.3) is 15.5 Å². The zero-order chi connectivity index (χ0) is 11.1. The third-order valence-corrected chi connectivity index (χ3v) is 3.38. The van der Waals surface area contributed by atoms with Crippen LogP contribution in [0.1, 0.15) is 0 Å². The summed E-state index contributed by atoms with van der Waals surface area (Å²) in [5.41, 5.74) is 6.59. The number of halogens is 1. The minimum atomic E-state index is 0.487. The van der Waals surface area contributed by atoms with Gasteiger partial charge in [-0.15, -0.1) is 0 Å². The Hall–Kier alpha value is -1.59. The van der Waals surface area contributed by atoms with Crippen molar-refractivity contribution in [3.63, 3.8) is 0 Å². The van der Waals surface area contributed by atoms with Gasteiger partial charge in [-0.2, -0.15) is 5.10 Å². The lowest BCUT2D eigenvalue weighted by atomic mass is 10.2.